The van der Waals surface area contributed by atoms with Crippen LogP contribution in [0.4, 0.5) is 0 Å². The van der Waals surface area contributed by atoms with Gasteiger partial charge >= 0.3 is 0 Å². The molecule has 0 fully saturated rings. The molecule has 0 saturated heterocycles. The average Bonchev–Trinajstić information content (AvgIpc) is 2.88. The number of aromatic hydroxyl groups is 1. The van der Waals surface area contributed by atoms with E-state index in [-0.39, 0.29) is 22.1 Å². The Bertz CT molecular complexity index is 898. The maximum atomic E-state index is 12.5. The highest BCUT2D eigenvalue weighted by Crippen LogP contribution is 2.31. The number of benzene rings is 2. The molecule has 0 saturated carbocycles. The monoisotopic (exact) mass is 381 g/mol. The normalized spacial score (nSPS) is 17.8. The zero-order chi connectivity index (χ0) is 18.2. The molecule has 2 aromatic carbocycles. The molecule has 2 atom stereocenters. The number of halogens is 1. The lowest BCUT2D eigenvalue weighted by molar-refractivity contribution is 0.254. The van der Waals surface area contributed by atoms with Crippen LogP contribution in [0.2, 0.25) is 5.02 Å². The summed E-state index contributed by atoms with van der Waals surface area (Å²) in [7, 11) is -3.86. The first-order valence-corrected chi connectivity index (χ1v) is 9.90. The van der Waals surface area contributed by atoms with Crippen molar-refractivity contribution in [3.63, 3.8) is 0 Å². The standard InChI is InChI=1S/C18H20ClNO4S/c1-11(8-13-6-7-16-14(10-13)9-12(2)24-16)20-25(22,23)17-5-3-4-15(19)18(17)21/h3-7,10-12,20-21H,8-9H2,1-2H3/t11-,12?/m1/s1. The molecule has 1 aliphatic heterocycles. The molecule has 134 valence electrons. The van der Waals surface area contributed by atoms with Crippen LogP contribution in [0.3, 0.4) is 0 Å². The molecule has 7 heteroatoms. The van der Waals surface area contributed by atoms with Crippen molar-refractivity contribution >= 4 is 21.6 Å². The van der Waals surface area contributed by atoms with E-state index in [1.807, 2.05) is 19.1 Å². The highest BCUT2D eigenvalue weighted by atomic mass is 35.5. The first-order valence-electron chi connectivity index (χ1n) is 8.04. The summed E-state index contributed by atoms with van der Waals surface area (Å²) in [5.74, 6) is 0.459. The molecule has 0 bridgehead atoms. The smallest absolute Gasteiger partial charge is 0.244 e. The molecule has 0 radical (unpaired) electrons. The Hall–Kier alpha value is -1.76. The molecule has 1 heterocycles. The molecule has 0 amide bonds. The Morgan fingerprint density at radius 2 is 2.12 bits per heavy atom. The first-order chi connectivity index (χ1) is 11.8. The van der Waals surface area contributed by atoms with E-state index < -0.39 is 15.8 Å². The fourth-order valence-corrected chi connectivity index (χ4v) is 4.63. The SMILES string of the molecule is CC1Cc2cc(C[C@@H](C)NS(=O)(=O)c3cccc(Cl)c3O)ccc2O1. The maximum Gasteiger partial charge on any atom is 0.244 e. The summed E-state index contributed by atoms with van der Waals surface area (Å²) in [4.78, 5) is -0.219. The summed E-state index contributed by atoms with van der Waals surface area (Å²) in [5.41, 5.74) is 2.18. The molecule has 0 aromatic heterocycles. The third-order valence-corrected chi connectivity index (χ3v) is 6.02. The van der Waals surface area contributed by atoms with Crippen molar-refractivity contribution in [1.29, 1.82) is 0 Å². The number of phenols is 1. The van der Waals surface area contributed by atoms with E-state index >= 15 is 0 Å². The summed E-state index contributed by atoms with van der Waals surface area (Å²) < 4.78 is 33.2. The van der Waals surface area contributed by atoms with Crippen LogP contribution < -0.4 is 9.46 Å². The summed E-state index contributed by atoms with van der Waals surface area (Å²) >= 11 is 5.80. The second-order valence-electron chi connectivity index (χ2n) is 6.39. The van der Waals surface area contributed by atoms with Gasteiger partial charge in [0, 0.05) is 12.5 Å². The van der Waals surface area contributed by atoms with Gasteiger partial charge < -0.3 is 9.84 Å². The minimum atomic E-state index is -3.86. The molecule has 2 N–H and O–H groups in total. The fourth-order valence-electron chi connectivity index (χ4n) is 3.04. The second kappa shape index (κ2) is 6.86. The Morgan fingerprint density at radius 3 is 2.88 bits per heavy atom. The minimum Gasteiger partial charge on any atom is -0.505 e. The Labute approximate surface area is 152 Å². The molecule has 2 aromatic rings. The number of fused-ring (bicyclic) bond motifs is 1. The molecule has 0 aliphatic carbocycles. The number of para-hydroxylation sites is 1. The molecular weight excluding hydrogens is 362 g/mol. The van der Waals surface area contributed by atoms with Gasteiger partial charge in [0.2, 0.25) is 10.0 Å². The van der Waals surface area contributed by atoms with Gasteiger partial charge in [0.05, 0.1) is 5.02 Å². The molecule has 1 unspecified atom stereocenters. The lowest BCUT2D eigenvalue weighted by atomic mass is 10.0. The van der Waals surface area contributed by atoms with Crippen LogP contribution >= 0.6 is 11.6 Å². The Balaban J connectivity index is 1.73. The predicted octanol–water partition coefficient (Wildman–Crippen LogP) is 3.28. The van der Waals surface area contributed by atoms with Crippen LogP contribution in [0, 0.1) is 0 Å². The van der Waals surface area contributed by atoms with Gasteiger partial charge in [-0.25, -0.2) is 13.1 Å². The van der Waals surface area contributed by atoms with Crippen molar-refractivity contribution in [2.75, 3.05) is 0 Å². The molecule has 3 rings (SSSR count). The van der Waals surface area contributed by atoms with Gasteiger partial charge in [-0.05, 0) is 49.6 Å². The second-order valence-corrected chi connectivity index (χ2v) is 8.48. The first kappa shape index (κ1) is 18.0. The van der Waals surface area contributed by atoms with E-state index in [4.69, 9.17) is 16.3 Å². The molecule has 5 nitrogen and oxygen atoms in total. The topological polar surface area (TPSA) is 75.6 Å². The van der Waals surface area contributed by atoms with Crippen molar-refractivity contribution in [3.05, 3.63) is 52.5 Å². The fraction of sp³-hybridized carbons (Fsp3) is 0.333. The van der Waals surface area contributed by atoms with Gasteiger partial charge in [0.15, 0.2) is 5.75 Å². The Kier molecular flexibility index (Phi) is 4.95. The van der Waals surface area contributed by atoms with Crippen molar-refractivity contribution in [2.24, 2.45) is 0 Å². The average molecular weight is 382 g/mol. The number of sulfonamides is 1. The van der Waals surface area contributed by atoms with Gasteiger partial charge in [-0.3, -0.25) is 0 Å². The highest BCUT2D eigenvalue weighted by Gasteiger charge is 2.23. The number of ether oxygens (including phenoxy) is 1. The van der Waals surface area contributed by atoms with Crippen molar-refractivity contribution in [1.82, 2.24) is 4.72 Å². The van der Waals surface area contributed by atoms with E-state index in [1.54, 1.807) is 6.92 Å². The third-order valence-electron chi connectivity index (χ3n) is 4.10. The number of nitrogens with one attached hydrogen (secondary N) is 1. The summed E-state index contributed by atoms with van der Waals surface area (Å²) in [6.07, 6.45) is 1.56. The zero-order valence-corrected chi connectivity index (χ0v) is 15.6. The quantitative estimate of drug-likeness (QED) is 0.833. The van der Waals surface area contributed by atoms with Gasteiger partial charge in [-0.2, -0.15) is 0 Å². The maximum absolute atomic E-state index is 12.5. The van der Waals surface area contributed by atoms with Gasteiger partial charge in [0.1, 0.15) is 16.7 Å². The number of hydrogen-bond acceptors (Lipinski definition) is 4. The predicted molar refractivity (Wildman–Crippen MR) is 96.8 cm³/mol. The summed E-state index contributed by atoms with van der Waals surface area (Å²) in [6.45, 7) is 3.80. The Morgan fingerprint density at radius 1 is 1.36 bits per heavy atom. The molecule has 1 aliphatic rings. The lowest BCUT2D eigenvalue weighted by Crippen LogP contribution is -2.34. The van der Waals surface area contributed by atoms with Crippen LogP contribution in [0.25, 0.3) is 0 Å². The highest BCUT2D eigenvalue weighted by molar-refractivity contribution is 7.89. The lowest BCUT2D eigenvalue weighted by Gasteiger charge is -2.16. The number of phenolic OH excluding ortho intramolecular Hbond substituents is 1. The van der Waals surface area contributed by atoms with E-state index in [0.717, 1.165) is 23.3 Å². The minimum absolute atomic E-state index is 0.00303. The van der Waals surface area contributed by atoms with Crippen LogP contribution in [0.1, 0.15) is 25.0 Å². The van der Waals surface area contributed by atoms with Crippen molar-refractivity contribution in [2.45, 2.75) is 43.7 Å². The van der Waals surface area contributed by atoms with Gasteiger partial charge in [-0.15, -0.1) is 0 Å². The third kappa shape index (κ3) is 3.92. The number of hydrogen-bond donors (Lipinski definition) is 2. The summed E-state index contributed by atoms with van der Waals surface area (Å²) in [5, 5.41) is 9.90. The molecular formula is C18H20ClNO4S. The zero-order valence-electron chi connectivity index (χ0n) is 14.0. The largest absolute Gasteiger partial charge is 0.505 e. The molecule has 0 spiro atoms. The van der Waals surface area contributed by atoms with E-state index in [9.17, 15) is 13.5 Å². The summed E-state index contributed by atoms with van der Waals surface area (Å²) in [6, 6.07) is 9.83. The van der Waals surface area contributed by atoms with Crippen molar-refractivity contribution < 1.29 is 18.3 Å². The molecule has 25 heavy (non-hydrogen) atoms. The van der Waals surface area contributed by atoms with Crippen molar-refractivity contribution in [3.8, 4) is 11.5 Å². The van der Waals surface area contributed by atoms with Gasteiger partial charge in [-0.1, -0.05) is 29.8 Å². The van der Waals surface area contributed by atoms with E-state index in [0.29, 0.717) is 6.42 Å². The van der Waals surface area contributed by atoms with Crippen LogP contribution in [0.5, 0.6) is 11.5 Å². The van der Waals surface area contributed by atoms with E-state index in [2.05, 4.69) is 10.8 Å². The van der Waals surface area contributed by atoms with Crippen LogP contribution in [-0.4, -0.2) is 25.7 Å². The van der Waals surface area contributed by atoms with Crippen LogP contribution in [0.15, 0.2) is 41.3 Å². The van der Waals surface area contributed by atoms with Crippen LogP contribution in [-0.2, 0) is 22.9 Å². The van der Waals surface area contributed by atoms with E-state index in [1.165, 1.54) is 18.2 Å². The van der Waals surface area contributed by atoms with Gasteiger partial charge in [0.25, 0.3) is 0 Å². The number of rotatable bonds is 5.